The molecule has 1 aromatic carbocycles. The Kier molecular flexibility index (Phi) is 6.20. The van der Waals surface area contributed by atoms with Gasteiger partial charge in [0, 0.05) is 37.4 Å². The number of nitrogens with one attached hydrogen (secondary N) is 1. The van der Waals surface area contributed by atoms with Crippen LogP contribution in [-0.2, 0) is 40.8 Å². The molecule has 0 unspecified atom stereocenters. The Morgan fingerprint density at radius 3 is 2.53 bits per heavy atom. The molecule has 1 fully saturated rings. The van der Waals surface area contributed by atoms with Crippen LogP contribution in [0.4, 0.5) is 24.7 Å². The molecule has 2 aliphatic rings. The van der Waals surface area contributed by atoms with Crippen molar-refractivity contribution in [3.63, 3.8) is 0 Å². The van der Waals surface area contributed by atoms with Gasteiger partial charge in [-0.25, -0.2) is 9.97 Å². The van der Waals surface area contributed by atoms with E-state index in [-0.39, 0.29) is 55.1 Å². The molecule has 9 nitrogen and oxygen atoms in total. The van der Waals surface area contributed by atoms with E-state index in [1.165, 1.54) is 14.7 Å². The highest BCUT2D eigenvalue weighted by Crippen LogP contribution is 2.33. The third kappa shape index (κ3) is 4.76. The number of nitrogens with zero attached hydrogens (tertiary/aromatic N) is 4. The molecule has 2 aliphatic heterocycles. The van der Waals surface area contributed by atoms with Crippen LogP contribution in [0, 0.1) is 0 Å². The summed E-state index contributed by atoms with van der Waals surface area (Å²) in [4.78, 5) is 8.25. The minimum atomic E-state index is -4.53. The highest BCUT2D eigenvalue weighted by molar-refractivity contribution is 7.86. The Hall–Kier alpha value is -2.19. The molecule has 3 heterocycles. The lowest BCUT2D eigenvalue weighted by atomic mass is 10.1. The van der Waals surface area contributed by atoms with Crippen LogP contribution in [0.2, 0.25) is 5.28 Å². The van der Waals surface area contributed by atoms with Gasteiger partial charge in [0.25, 0.3) is 10.2 Å². The number of aromatic nitrogens is 2. The molecule has 0 spiro atoms. The second-order valence-electron chi connectivity index (χ2n) is 7.37. The van der Waals surface area contributed by atoms with Crippen LogP contribution in [0.25, 0.3) is 0 Å². The topological polar surface area (TPSA) is 114 Å². The Balaban J connectivity index is 1.55. The number of rotatable bonds is 5. The van der Waals surface area contributed by atoms with Crippen LogP contribution < -0.4 is 11.1 Å². The summed E-state index contributed by atoms with van der Waals surface area (Å²) in [5, 5.41) is 2.85. The van der Waals surface area contributed by atoms with E-state index in [4.69, 9.17) is 22.1 Å². The number of benzene rings is 1. The molecule has 174 valence electrons. The summed E-state index contributed by atoms with van der Waals surface area (Å²) >= 11 is 6.01. The number of hydrogen-bond donors (Lipinski definition) is 2. The van der Waals surface area contributed by atoms with Gasteiger partial charge < -0.3 is 15.8 Å². The average molecular weight is 493 g/mol. The van der Waals surface area contributed by atoms with E-state index in [9.17, 15) is 21.6 Å². The zero-order chi connectivity index (χ0) is 23.1. The zero-order valence-corrected chi connectivity index (χ0v) is 18.3. The first-order valence-corrected chi connectivity index (χ1v) is 11.4. The van der Waals surface area contributed by atoms with E-state index in [1.54, 1.807) is 0 Å². The predicted octanol–water partition coefficient (Wildman–Crippen LogP) is 2.24. The van der Waals surface area contributed by atoms with Crippen molar-refractivity contribution in [3.8, 4) is 0 Å². The summed E-state index contributed by atoms with van der Waals surface area (Å²) in [7, 11) is -3.75. The maximum atomic E-state index is 13.1. The fourth-order valence-corrected chi connectivity index (χ4v) is 5.32. The molecule has 4 rings (SSSR count). The number of hydrogen-bond acceptors (Lipinski definition) is 7. The number of nitrogens with two attached hydrogens (primary N) is 1. The van der Waals surface area contributed by atoms with E-state index in [0.29, 0.717) is 24.5 Å². The molecule has 0 radical (unpaired) electrons. The molecule has 32 heavy (non-hydrogen) atoms. The van der Waals surface area contributed by atoms with Crippen molar-refractivity contribution >= 4 is 33.3 Å². The van der Waals surface area contributed by atoms with Gasteiger partial charge in [-0.3, -0.25) is 0 Å². The number of anilines is 2. The summed E-state index contributed by atoms with van der Waals surface area (Å²) in [5.41, 5.74) is 5.98. The quantitative estimate of drug-likeness (QED) is 0.486. The first-order chi connectivity index (χ1) is 15.0. The van der Waals surface area contributed by atoms with Crippen LogP contribution in [0.1, 0.15) is 22.4 Å². The van der Waals surface area contributed by atoms with Gasteiger partial charge in [-0.05, 0) is 35.4 Å². The molecule has 3 N–H and O–H groups in total. The first-order valence-electron chi connectivity index (χ1n) is 9.63. The van der Waals surface area contributed by atoms with Gasteiger partial charge in [0.1, 0.15) is 5.82 Å². The molecule has 1 saturated heterocycles. The van der Waals surface area contributed by atoms with Gasteiger partial charge in [0.15, 0.2) is 0 Å². The fourth-order valence-electron chi connectivity index (χ4n) is 3.62. The number of ether oxygens (including phenoxy) is 1. The Labute approximate surface area is 187 Å². The maximum Gasteiger partial charge on any atom is 0.416 e. The molecule has 1 aromatic heterocycles. The third-order valence-corrected chi connectivity index (χ3v) is 7.25. The number of morpholine rings is 1. The number of fused-ring (bicyclic) bond motifs is 1. The van der Waals surface area contributed by atoms with Crippen molar-refractivity contribution in [2.24, 2.45) is 0 Å². The molecule has 0 bridgehead atoms. The minimum absolute atomic E-state index is 0.0132. The Bertz CT molecular complexity index is 1130. The van der Waals surface area contributed by atoms with Crippen molar-refractivity contribution in [3.05, 3.63) is 45.9 Å². The summed E-state index contributed by atoms with van der Waals surface area (Å²) in [6, 6.07) is 3.26. The van der Waals surface area contributed by atoms with Crippen LogP contribution in [0.3, 0.4) is 0 Å². The summed E-state index contributed by atoms with van der Waals surface area (Å²) < 4.78 is 73.0. The number of halogens is 4. The second-order valence-corrected chi connectivity index (χ2v) is 9.63. The minimum Gasteiger partial charge on any atom is -0.399 e. The van der Waals surface area contributed by atoms with Crippen molar-refractivity contribution in [2.75, 3.05) is 37.4 Å². The van der Waals surface area contributed by atoms with E-state index in [1.807, 2.05) is 0 Å². The molecular formula is C18H20ClF3N6O3S. The standard InChI is InChI=1S/C18H20ClF3N6O3S/c19-17-25-15-10-28(32(29,30)27-1-3-31-4-2-27)9-14(15)16(26-17)24-8-11-5-12(18(20,21)22)7-13(23)6-11/h5-7H,1-4,8-10,23H2,(H,24,25,26). The maximum absolute atomic E-state index is 13.1. The average Bonchev–Trinajstić information content (AvgIpc) is 3.16. The van der Waals surface area contributed by atoms with Gasteiger partial charge in [-0.2, -0.15) is 30.2 Å². The van der Waals surface area contributed by atoms with Crippen molar-refractivity contribution in [1.82, 2.24) is 18.6 Å². The summed E-state index contributed by atoms with van der Waals surface area (Å²) in [5.74, 6) is 0.260. The van der Waals surface area contributed by atoms with Crippen molar-refractivity contribution in [2.45, 2.75) is 25.8 Å². The summed E-state index contributed by atoms with van der Waals surface area (Å²) in [6.45, 7) is 1.15. The molecule has 0 amide bonds. The molecule has 0 aliphatic carbocycles. The van der Waals surface area contributed by atoms with E-state index in [2.05, 4.69) is 15.3 Å². The van der Waals surface area contributed by atoms with E-state index < -0.39 is 21.9 Å². The smallest absolute Gasteiger partial charge is 0.399 e. The van der Waals surface area contributed by atoms with Crippen LogP contribution in [-0.4, -0.2) is 53.3 Å². The lowest BCUT2D eigenvalue weighted by Gasteiger charge is -2.29. The first kappa shape index (κ1) is 23.0. The third-order valence-electron chi connectivity index (χ3n) is 5.15. The molecule has 0 saturated carbocycles. The van der Waals surface area contributed by atoms with E-state index >= 15 is 0 Å². The molecule has 0 atom stereocenters. The van der Waals surface area contributed by atoms with Gasteiger partial charge in [0.2, 0.25) is 5.28 Å². The normalized spacial score (nSPS) is 18.0. The van der Waals surface area contributed by atoms with Gasteiger partial charge >= 0.3 is 6.18 Å². The number of alkyl halides is 3. The molecule has 2 aromatic rings. The van der Waals surface area contributed by atoms with Gasteiger partial charge in [0.05, 0.1) is 31.0 Å². The predicted molar refractivity (Wildman–Crippen MR) is 111 cm³/mol. The Morgan fingerprint density at radius 1 is 1.12 bits per heavy atom. The largest absolute Gasteiger partial charge is 0.416 e. The number of nitrogen functional groups attached to an aromatic ring is 1. The highest BCUT2D eigenvalue weighted by atomic mass is 35.5. The van der Waals surface area contributed by atoms with Crippen molar-refractivity contribution in [1.29, 1.82) is 0 Å². The second kappa shape index (κ2) is 8.63. The van der Waals surface area contributed by atoms with Crippen molar-refractivity contribution < 1.29 is 26.3 Å². The monoisotopic (exact) mass is 492 g/mol. The van der Waals surface area contributed by atoms with E-state index in [0.717, 1.165) is 12.1 Å². The lowest BCUT2D eigenvalue weighted by molar-refractivity contribution is -0.137. The summed E-state index contributed by atoms with van der Waals surface area (Å²) in [6.07, 6.45) is -4.53. The molecular weight excluding hydrogens is 473 g/mol. The van der Waals surface area contributed by atoms with Gasteiger partial charge in [-0.15, -0.1) is 0 Å². The SMILES string of the molecule is Nc1cc(CNc2nc(Cl)nc3c2CN(S(=O)(=O)N2CCOCC2)C3)cc(C(F)(F)F)c1. The molecule has 14 heteroatoms. The Morgan fingerprint density at radius 2 is 1.84 bits per heavy atom. The lowest BCUT2D eigenvalue weighted by Crippen LogP contribution is -2.46. The highest BCUT2D eigenvalue weighted by Gasteiger charge is 2.37. The van der Waals surface area contributed by atoms with Gasteiger partial charge in [-0.1, -0.05) is 0 Å². The van der Waals surface area contributed by atoms with Crippen LogP contribution in [0.15, 0.2) is 18.2 Å². The zero-order valence-electron chi connectivity index (χ0n) is 16.7. The fraction of sp³-hybridized carbons (Fsp3) is 0.444. The van der Waals surface area contributed by atoms with Crippen LogP contribution in [0.5, 0.6) is 0 Å². The van der Waals surface area contributed by atoms with Crippen LogP contribution >= 0.6 is 11.6 Å².